The predicted octanol–water partition coefficient (Wildman–Crippen LogP) is 2.96. The molecule has 2 aliphatic rings. The van der Waals surface area contributed by atoms with Crippen molar-refractivity contribution in [1.29, 1.82) is 0 Å². The van der Waals surface area contributed by atoms with Gasteiger partial charge in [-0.1, -0.05) is 0 Å². The minimum atomic E-state index is 0.260. The molecule has 154 valence electrons. The van der Waals surface area contributed by atoms with Crippen LogP contribution >= 0.6 is 0 Å². The van der Waals surface area contributed by atoms with Gasteiger partial charge < -0.3 is 4.90 Å². The first-order valence-electron chi connectivity index (χ1n) is 10.8. The number of aromatic nitrogens is 3. The molecule has 0 atom stereocenters. The summed E-state index contributed by atoms with van der Waals surface area (Å²) in [6.07, 6.45) is 8.13. The average Bonchev–Trinajstić information content (AvgIpc) is 3.61. The third-order valence-electron chi connectivity index (χ3n) is 6.11. The highest BCUT2D eigenvalue weighted by Gasteiger charge is 2.29. The number of rotatable bonds is 6. The van der Waals surface area contributed by atoms with E-state index in [9.17, 15) is 4.79 Å². The van der Waals surface area contributed by atoms with E-state index >= 15 is 0 Å². The summed E-state index contributed by atoms with van der Waals surface area (Å²) in [5.74, 6) is 0.565. The van der Waals surface area contributed by atoms with E-state index < -0.39 is 0 Å². The van der Waals surface area contributed by atoms with Crippen LogP contribution in [-0.4, -0.2) is 63.8 Å². The Morgan fingerprint density at radius 3 is 2.70 bits per heavy atom. The zero-order valence-corrected chi connectivity index (χ0v) is 17.4. The third kappa shape index (κ3) is 4.40. The van der Waals surface area contributed by atoms with Crippen LogP contribution in [0.5, 0.6) is 0 Å². The molecule has 0 N–H and O–H groups in total. The Hall–Kier alpha value is -2.70. The first-order chi connectivity index (χ1) is 14.6. The summed E-state index contributed by atoms with van der Waals surface area (Å²) >= 11 is 0. The molecule has 0 amide bonds. The molecule has 4 heterocycles. The van der Waals surface area contributed by atoms with Crippen LogP contribution in [0, 0.1) is 5.92 Å². The van der Waals surface area contributed by atoms with Crippen molar-refractivity contribution in [1.82, 2.24) is 24.8 Å². The summed E-state index contributed by atoms with van der Waals surface area (Å²) in [7, 11) is 2.17. The molecule has 2 fully saturated rings. The van der Waals surface area contributed by atoms with E-state index in [1.54, 1.807) is 0 Å². The quantitative estimate of drug-likeness (QED) is 0.633. The topological polar surface area (TPSA) is 62.2 Å². The zero-order valence-electron chi connectivity index (χ0n) is 17.4. The van der Waals surface area contributed by atoms with Gasteiger partial charge >= 0.3 is 0 Å². The molecule has 6 heteroatoms. The van der Waals surface area contributed by atoms with Crippen LogP contribution < -0.4 is 0 Å². The molecule has 0 radical (unpaired) electrons. The van der Waals surface area contributed by atoms with Crippen LogP contribution in [-0.2, 0) is 17.8 Å². The fourth-order valence-corrected chi connectivity index (χ4v) is 4.02. The number of carbonyl (C=O) groups excluding carboxylic acids is 1. The summed E-state index contributed by atoms with van der Waals surface area (Å²) in [5.41, 5.74) is 4.83. The molecule has 3 aromatic heterocycles. The van der Waals surface area contributed by atoms with Crippen LogP contribution in [0.3, 0.4) is 0 Å². The number of fused-ring (bicyclic) bond motifs is 1. The Morgan fingerprint density at radius 1 is 1.07 bits per heavy atom. The molecule has 0 unspecified atom stereocenters. The number of piperazine rings is 1. The van der Waals surface area contributed by atoms with Gasteiger partial charge in [0.15, 0.2) is 0 Å². The number of ketones is 1. The standard InChI is InChI=1S/C24H27N5O/c1-28-6-8-29(9-7-28)16-17-10-20(14-25-13-17)22-5-4-19-15-26-21(11-23(19)27-22)12-24(30)18-2-3-18/h4-5,10-11,13-15,18H,2-3,6-9,12,16H2,1H3. The Labute approximate surface area is 177 Å². The largest absolute Gasteiger partial charge is 0.304 e. The fourth-order valence-electron chi connectivity index (χ4n) is 4.02. The first kappa shape index (κ1) is 19.3. The lowest BCUT2D eigenvalue weighted by molar-refractivity contribution is -0.119. The van der Waals surface area contributed by atoms with E-state index in [1.807, 2.05) is 36.8 Å². The Morgan fingerprint density at radius 2 is 1.90 bits per heavy atom. The van der Waals surface area contributed by atoms with Crippen LogP contribution in [0.2, 0.25) is 0 Å². The highest BCUT2D eigenvalue weighted by molar-refractivity contribution is 5.86. The third-order valence-corrected chi connectivity index (χ3v) is 6.11. The minimum Gasteiger partial charge on any atom is -0.304 e. The van der Waals surface area contributed by atoms with Gasteiger partial charge in [-0.25, -0.2) is 4.98 Å². The number of Topliss-reactive ketones (excluding diaryl/α,β-unsaturated/α-hetero) is 1. The monoisotopic (exact) mass is 401 g/mol. The van der Waals surface area contributed by atoms with Gasteiger partial charge in [-0.3, -0.25) is 19.7 Å². The summed E-state index contributed by atoms with van der Waals surface area (Å²) in [6, 6.07) is 8.22. The van der Waals surface area contributed by atoms with Crippen LogP contribution in [0.15, 0.2) is 42.9 Å². The van der Waals surface area contributed by atoms with Gasteiger partial charge in [0.1, 0.15) is 5.78 Å². The zero-order chi connectivity index (χ0) is 20.5. The maximum atomic E-state index is 12.1. The van der Waals surface area contributed by atoms with Gasteiger partial charge in [-0.15, -0.1) is 0 Å². The SMILES string of the molecule is CN1CCN(Cc2cncc(-c3ccc4cnc(CC(=O)C5CC5)cc4n3)c2)CC1. The molecule has 1 aliphatic carbocycles. The molecular weight excluding hydrogens is 374 g/mol. The van der Waals surface area contributed by atoms with Crippen LogP contribution in [0.25, 0.3) is 22.2 Å². The molecule has 1 saturated carbocycles. The second-order valence-corrected chi connectivity index (χ2v) is 8.64. The fraction of sp³-hybridized carbons (Fsp3) is 0.417. The van der Waals surface area contributed by atoms with Gasteiger partial charge in [0.2, 0.25) is 0 Å². The number of nitrogens with zero attached hydrogens (tertiary/aromatic N) is 5. The molecule has 3 aromatic rings. The van der Waals surface area contributed by atoms with Crippen molar-refractivity contribution in [3.05, 3.63) is 54.1 Å². The van der Waals surface area contributed by atoms with E-state index in [1.165, 1.54) is 5.56 Å². The summed E-state index contributed by atoms with van der Waals surface area (Å²) in [6.45, 7) is 5.31. The van der Waals surface area contributed by atoms with Gasteiger partial charge in [0.05, 0.1) is 11.2 Å². The molecule has 0 spiro atoms. The number of hydrogen-bond acceptors (Lipinski definition) is 6. The van der Waals surface area contributed by atoms with Crippen molar-refractivity contribution in [3.63, 3.8) is 0 Å². The molecule has 5 rings (SSSR count). The van der Waals surface area contributed by atoms with Crippen molar-refractivity contribution < 1.29 is 4.79 Å². The van der Waals surface area contributed by atoms with E-state index in [2.05, 4.69) is 32.9 Å². The molecule has 0 aromatic carbocycles. The van der Waals surface area contributed by atoms with E-state index in [0.717, 1.165) is 73.4 Å². The van der Waals surface area contributed by atoms with Crippen LogP contribution in [0.4, 0.5) is 0 Å². The van der Waals surface area contributed by atoms with Crippen molar-refractivity contribution >= 4 is 16.7 Å². The number of likely N-dealkylation sites (N-methyl/N-ethyl adjacent to an activating group) is 1. The number of carbonyl (C=O) groups is 1. The number of pyridine rings is 3. The molecule has 6 nitrogen and oxygen atoms in total. The second-order valence-electron chi connectivity index (χ2n) is 8.64. The van der Waals surface area contributed by atoms with Crippen molar-refractivity contribution in [2.45, 2.75) is 25.8 Å². The van der Waals surface area contributed by atoms with E-state index in [-0.39, 0.29) is 5.92 Å². The normalized spacial score (nSPS) is 18.0. The Kier molecular flexibility index (Phi) is 5.27. The first-order valence-corrected chi connectivity index (χ1v) is 10.8. The smallest absolute Gasteiger partial charge is 0.141 e. The van der Waals surface area contributed by atoms with Gasteiger partial charge in [-0.05, 0) is 49.7 Å². The summed E-state index contributed by atoms with van der Waals surface area (Å²) in [5, 5.41) is 0.989. The molecule has 1 aliphatic heterocycles. The van der Waals surface area contributed by atoms with E-state index in [4.69, 9.17) is 4.98 Å². The van der Waals surface area contributed by atoms with Gasteiger partial charge in [0.25, 0.3) is 0 Å². The second kappa shape index (κ2) is 8.20. The average molecular weight is 402 g/mol. The maximum absolute atomic E-state index is 12.1. The van der Waals surface area contributed by atoms with Crippen molar-refractivity contribution in [2.24, 2.45) is 5.92 Å². The van der Waals surface area contributed by atoms with E-state index in [0.29, 0.717) is 12.2 Å². The Bertz CT molecular complexity index is 1070. The summed E-state index contributed by atoms with van der Waals surface area (Å²) < 4.78 is 0. The van der Waals surface area contributed by atoms with Crippen LogP contribution in [0.1, 0.15) is 24.1 Å². The molecule has 30 heavy (non-hydrogen) atoms. The van der Waals surface area contributed by atoms with Gasteiger partial charge in [0, 0.05) is 80.3 Å². The summed E-state index contributed by atoms with van der Waals surface area (Å²) in [4.78, 5) is 30.8. The Balaban J connectivity index is 1.36. The predicted molar refractivity (Wildman–Crippen MR) is 117 cm³/mol. The van der Waals surface area contributed by atoms with Crippen molar-refractivity contribution in [2.75, 3.05) is 33.2 Å². The lowest BCUT2D eigenvalue weighted by Crippen LogP contribution is -2.43. The van der Waals surface area contributed by atoms with Gasteiger partial charge in [-0.2, -0.15) is 0 Å². The highest BCUT2D eigenvalue weighted by atomic mass is 16.1. The lowest BCUT2D eigenvalue weighted by atomic mass is 10.1. The maximum Gasteiger partial charge on any atom is 0.141 e. The molecule has 0 bridgehead atoms. The van der Waals surface area contributed by atoms with Crippen molar-refractivity contribution in [3.8, 4) is 11.3 Å². The molecular formula is C24H27N5O. The molecule has 1 saturated heterocycles. The number of hydrogen-bond donors (Lipinski definition) is 0. The minimum absolute atomic E-state index is 0.260. The highest BCUT2D eigenvalue weighted by Crippen LogP contribution is 2.31. The lowest BCUT2D eigenvalue weighted by Gasteiger charge is -2.32.